The molecule has 1 aromatic heterocycles. The van der Waals surface area contributed by atoms with Crippen molar-refractivity contribution in [1.82, 2.24) is 25.1 Å². The number of ether oxygens (including phenoxy) is 2. The molecule has 3 aromatic rings. The van der Waals surface area contributed by atoms with Gasteiger partial charge in [0.15, 0.2) is 11.5 Å². The second kappa shape index (κ2) is 8.30. The van der Waals surface area contributed by atoms with Crippen LogP contribution in [0.3, 0.4) is 0 Å². The number of methoxy groups -OCH3 is 2. The molecule has 29 heavy (non-hydrogen) atoms. The molecule has 0 saturated heterocycles. The number of hydrogen-bond acceptors (Lipinski definition) is 6. The van der Waals surface area contributed by atoms with Crippen molar-refractivity contribution in [3.63, 3.8) is 0 Å². The van der Waals surface area contributed by atoms with E-state index in [1.807, 2.05) is 47.4 Å². The van der Waals surface area contributed by atoms with Gasteiger partial charge in [-0.1, -0.05) is 30.3 Å². The Morgan fingerprint density at radius 1 is 1.10 bits per heavy atom. The lowest BCUT2D eigenvalue weighted by atomic mass is 9.97. The highest BCUT2D eigenvalue weighted by molar-refractivity contribution is 5.81. The minimum absolute atomic E-state index is 0.00147. The molecule has 150 valence electrons. The van der Waals surface area contributed by atoms with Crippen LogP contribution >= 0.6 is 0 Å². The molecule has 1 atom stereocenters. The van der Waals surface area contributed by atoms with Crippen LogP contribution in [0, 0.1) is 0 Å². The quantitative estimate of drug-likeness (QED) is 0.638. The molecule has 0 bridgehead atoms. The van der Waals surface area contributed by atoms with Crippen molar-refractivity contribution < 1.29 is 14.3 Å². The van der Waals surface area contributed by atoms with Gasteiger partial charge in [0.2, 0.25) is 5.91 Å². The summed E-state index contributed by atoms with van der Waals surface area (Å²) < 4.78 is 12.4. The van der Waals surface area contributed by atoms with E-state index in [9.17, 15) is 4.79 Å². The van der Waals surface area contributed by atoms with Gasteiger partial charge in [-0.25, -0.2) is 4.68 Å². The van der Waals surface area contributed by atoms with Crippen molar-refractivity contribution in [3.05, 3.63) is 65.5 Å². The number of nitrogens with zero attached hydrogens (tertiary/aromatic N) is 5. The Hall–Kier alpha value is -3.42. The monoisotopic (exact) mass is 393 g/mol. The zero-order valence-corrected chi connectivity index (χ0v) is 16.5. The highest BCUT2D eigenvalue weighted by Gasteiger charge is 2.30. The van der Waals surface area contributed by atoms with Gasteiger partial charge in [-0.15, -0.1) is 5.10 Å². The van der Waals surface area contributed by atoms with Crippen molar-refractivity contribution in [2.24, 2.45) is 0 Å². The average Bonchev–Trinajstić information content (AvgIpc) is 3.31. The predicted octanol–water partition coefficient (Wildman–Crippen LogP) is 2.06. The standard InChI is InChI=1S/C21H23N5O3/c1-28-19-11-16-8-9-25(13-17(16)12-20(19)29-2)21(27)18(26-14-22-23-24-26)10-15-6-4-3-5-7-15/h3-7,11-12,14,18H,8-10,13H2,1-2H3/t18-/m0/s1. The number of fused-ring (bicyclic) bond motifs is 1. The second-order valence-electron chi connectivity index (χ2n) is 6.98. The first-order chi connectivity index (χ1) is 14.2. The number of amides is 1. The summed E-state index contributed by atoms with van der Waals surface area (Å²) in [6, 6.07) is 13.4. The van der Waals surface area contributed by atoms with Gasteiger partial charge in [0, 0.05) is 19.5 Å². The first-order valence-corrected chi connectivity index (χ1v) is 9.48. The lowest BCUT2D eigenvalue weighted by molar-refractivity contribution is -0.136. The Labute approximate surface area is 169 Å². The van der Waals surface area contributed by atoms with Gasteiger partial charge < -0.3 is 14.4 Å². The fourth-order valence-corrected chi connectivity index (χ4v) is 3.72. The van der Waals surface area contributed by atoms with Crippen molar-refractivity contribution in [3.8, 4) is 11.5 Å². The summed E-state index contributed by atoms with van der Waals surface area (Å²) in [5.41, 5.74) is 3.30. The first kappa shape index (κ1) is 18.9. The Balaban J connectivity index is 1.59. The van der Waals surface area contributed by atoms with Gasteiger partial charge in [0.1, 0.15) is 12.4 Å². The van der Waals surface area contributed by atoms with Crippen molar-refractivity contribution in [1.29, 1.82) is 0 Å². The molecule has 1 aliphatic heterocycles. The van der Waals surface area contributed by atoms with E-state index in [1.165, 1.54) is 11.9 Å². The van der Waals surface area contributed by atoms with E-state index in [1.54, 1.807) is 18.9 Å². The normalized spacial score (nSPS) is 14.2. The zero-order valence-electron chi connectivity index (χ0n) is 16.5. The average molecular weight is 393 g/mol. The lowest BCUT2D eigenvalue weighted by Gasteiger charge is -2.32. The molecule has 4 rings (SSSR count). The summed E-state index contributed by atoms with van der Waals surface area (Å²) in [5.74, 6) is 1.38. The second-order valence-corrected chi connectivity index (χ2v) is 6.98. The van der Waals surface area contributed by atoms with Crippen LogP contribution in [0.5, 0.6) is 11.5 Å². The topological polar surface area (TPSA) is 82.4 Å². The maximum atomic E-state index is 13.4. The molecule has 0 spiro atoms. The molecule has 0 radical (unpaired) electrons. The Morgan fingerprint density at radius 2 is 1.83 bits per heavy atom. The zero-order chi connectivity index (χ0) is 20.2. The van der Waals surface area contributed by atoms with Gasteiger partial charge in [-0.3, -0.25) is 4.79 Å². The van der Waals surface area contributed by atoms with Gasteiger partial charge in [-0.2, -0.15) is 0 Å². The van der Waals surface area contributed by atoms with Crippen LogP contribution in [0.1, 0.15) is 22.7 Å². The highest BCUT2D eigenvalue weighted by atomic mass is 16.5. The van der Waals surface area contributed by atoms with E-state index in [0.717, 1.165) is 17.5 Å². The summed E-state index contributed by atoms with van der Waals surface area (Å²) in [4.78, 5) is 15.3. The van der Waals surface area contributed by atoms with Gasteiger partial charge in [0.05, 0.1) is 14.2 Å². The fraction of sp³-hybridized carbons (Fsp3) is 0.333. The molecule has 1 amide bonds. The Morgan fingerprint density at radius 3 is 2.48 bits per heavy atom. The number of rotatable bonds is 6. The first-order valence-electron chi connectivity index (χ1n) is 9.48. The van der Waals surface area contributed by atoms with Gasteiger partial charge in [-0.05, 0) is 45.7 Å². The van der Waals surface area contributed by atoms with E-state index in [0.29, 0.717) is 31.0 Å². The summed E-state index contributed by atoms with van der Waals surface area (Å²) >= 11 is 0. The minimum Gasteiger partial charge on any atom is -0.493 e. The van der Waals surface area contributed by atoms with E-state index in [-0.39, 0.29) is 5.91 Å². The molecule has 2 heterocycles. The largest absolute Gasteiger partial charge is 0.493 e. The molecule has 0 unspecified atom stereocenters. The smallest absolute Gasteiger partial charge is 0.248 e. The number of benzene rings is 2. The molecule has 0 saturated carbocycles. The molecule has 8 heteroatoms. The summed E-state index contributed by atoms with van der Waals surface area (Å²) in [5, 5.41) is 11.4. The molecule has 0 aliphatic carbocycles. The van der Waals surface area contributed by atoms with Crippen molar-refractivity contribution in [2.75, 3.05) is 20.8 Å². The molecule has 1 aliphatic rings. The molecule has 0 fully saturated rings. The van der Waals surface area contributed by atoms with Crippen LogP contribution in [-0.2, 0) is 24.2 Å². The van der Waals surface area contributed by atoms with Gasteiger partial charge in [0.25, 0.3) is 0 Å². The molecule has 2 aromatic carbocycles. The maximum Gasteiger partial charge on any atom is 0.248 e. The van der Waals surface area contributed by atoms with Crippen molar-refractivity contribution >= 4 is 5.91 Å². The number of aromatic nitrogens is 4. The summed E-state index contributed by atoms with van der Waals surface area (Å²) in [7, 11) is 3.24. The SMILES string of the molecule is COc1cc2c(cc1OC)CN(C(=O)[C@H](Cc1ccccc1)n1cnnn1)CC2. The predicted molar refractivity (Wildman–Crippen MR) is 106 cm³/mol. The molecule has 0 N–H and O–H groups in total. The van der Waals surface area contributed by atoms with Crippen LogP contribution < -0.4 is 9.47 Å². The fourth-order valence-electron chi connectivity index (χ4n) is 3.72. The van der Waals surface area contributed by atoms with Crippen LogP contribution in [0.4, 0.5) is 0 Å². The van der Waals surface area contributed by atoms with Crippen LogP contribution in [0.15, 0.2) is 48.8 Å². The van der Waals surface area contributed by atoms with Gasteiger partial charge >= 0.3 is 0 Å². The van der Waals surface area contributed by atoms with E-state index >= 15 is 0 Å². The number of carbonyl (C=O) groups excluding carboxylic acids is 1. The lowest BCUT2D eigenvalue weighted by Crippen LogP contribution is -2.41. The van der Waals surface area contributed by atoms with E-state index in [4.69, 9.17) is 9.47 Å². The molecular weight excluding hydrogens is 370 g/mol. The minimum atomic E-state index is -0.492. The van der Waals surface area contributed by atoms with Crippen LogP contribution in [-0.4, -0.2) is 51.8 Å². The number of hydrogen-bond donors (Lipinski definition) is 0. The third-order valence-electron chi connectivity index (χ3n) is 5.27. The number of carbonyl (C=O) groups is 1. The third-order valence-corrected chi connectivity index (χ3v) is 5.27. The Bertz CT molecular complexity index is 975. The highest BCUT2D eigenvalue weighted by Crippen LogP contribution is 2.33. The van der Waals surface area contributed by atoms with Crippen molar-refractivity contribution in [2.45, 2.75) is 25.4 Å². The van der Waals surface area contributed by atoms with Crippen LogP contribution in [0.2, 0.25) is 0 Å². The Kier molecular flexibility index (Phi) is 5.41. The van der Waals surface area contributed by atoms with E-state index < -0.39 is 6.04 Å². The maximum absolute atomic E-state index is 13.4. The summed E-state index contributed by atoms with van der Waals surface area (Å²) in [6.07, 6.45) is 2.78. The number of tetrazole rings is 1. The summed E-state index contributed by atoms with van der Waals surface area (Å²) in [6.45, 7) is 1.15. The van der Waals surface area contributed by atoms with Crippen LogP contribution in [0.25, 0.3) is 0 Å². The third kappa shape index (κ3) is 3.91. The molecular formula is C21H23N5O3. The van der Waals surface area contributed by atoms with E-state index in [2.05, 4.69) is 15.5 Å². The molecule has 8 nitrogen and oxygen atoms in total.